The molecule has 0 bridgehead atoms. The van der Waals surface area contributed by atoms with Gasteiger partial charge in [-0.25, -0.2) is 8.78 Å². The Balaban J connectivity index is 0.00000180. The van der Waals surface area contributed by atoms with Crippen LogP contribution >= 0.6 is 12.4 Å². The van der Waals surface area contributed by atoms with Gasteiger partial charge in [-0.3, -0.25) is 4.79 Å². The van der Waals surface area contributed by atoms with E-state index in [9.17, 15) is 13.6 Å². The molecule has 19 heavy (non-hydrogen) atoms. The summed E-state index contributed by atoms with van der Waals surface area (Å²) in [5.41, 5.74) is 5.81. The summed E-state index contributed by atoms with van der Waals surface area (Å²) in [6.45, 7) is 1.02. The maximum Gasteiger partial charge on any atom is 0.254 e. The van der Waals surface area contributed by atoms with E-state index in [0.29, 0.717) is 13.1 Å². The summed E-state index contributed by atoms with van der Waals surface area (Å²) < 4.78 is 25.9. The van der Waals surface area contributed by atoms with Crippen LogP contribution < -0.4 is 5.73 Å². The van der Waals surface area contributed by atoms with Crippen LogP contribution in [0.2, 0.25) is 0 Å². The van der Waals surface area contributed by atoms with Crippen LogP contribution in [0, 0.1) is 11.6 Å². The van der Waals surface area contributed by atoms with Crippen LogP contribution in [0.3, 0.4) is 0 Å². The maximum atomic E-state index is 13.1. The number of amides is 1. The van der Waals surface area contributed by atoms with Gasteiger partial charge in [-0.05, 0) is 37.5 Å². The lowest BCUT2D eigenvalue weighted by Crippen LogP contribution is -2.47. The van der Waals surface area contributed by atoms with Crippen molar-refractivity contribution in [3.05, 3.63) is 35.4 Å². The van der Waals surface area contributed by atoms with Gasteiger partial charge in [0.15, 0.2) is 11.6 Å². The van der Waals surface area contributed by atoms with Gasteiger partial charge in [0, 0.05) is 24.7 Å². The number of nitrogens with two attached hydrogens (primary N) is 1. The van der Waals surface area contributed by atoms with E-state index in [1.54, 1.807) is 4.90 Å². The molecule has 106 valence electrons. The number of nitrogens with zero attached hydrogens (tertiary/aromatic N) is 1. The van der Waals surface area contributed by atoms with E-state index in [0.717, 1.165) is 31.4 Å². The van der Waals surface area contributed by atoms with Crippen molar-refractivity contribution < 1.29 is 13.6 Å². The van der Waals surface area contributed by atoms with Crippen molar-refractivity contribution in [1.29, 1.82) is 0 Å². The standard InChI is InChI=1S/C13H16F2N2O.ClH/c14-11-5-4-9(7-12(11)15)13(18)17-6-2-1-3-10(17)8-16;/h4-5,7,10H,1-3,6,8,16H2;1H. The van der Waals surface area contributed by atoms with Crippen LogP contribution in [0.15, 0.2) is 18.2 Å². The molecule has 1 amide bonds. The quantitative estimate of drug-likeness (QED) is 0.909. The minimum atomic E-state index is -0.998. The molecule has 1 aliphatic rings. The minimum absolute atomic E-state index is 0. The van der Waals surface area contributed by atoms with E-state index in [-0.39, 0.29) is 29.9 Å². The Morgan fingerprint density at radius 2 is 2.05 bits per heavy atom. The van der Waals surface area contributed by atoms with Crippen LogP contribution in [0.5, 0.6) is 0 Å². The van der Waals surface area contributed by atoms with Crippen molar-refractivity contribution in [1.82, 2.24) is 4.90 Å². The molecule has 0 aliphatic carbocycles. The van der Waals surface area contributed by atoms with Crippen molar-refractivity contribution in [2.45, 2.75) is 25.3 Å². The predicted octanol–water partition coefficient (Wildman–Crippen LogP) is 2.34. The third-order valence-electron chi connectivity index (χ3n) is 3.33. The topological polar surface area (TPSA) is 46.3 Å². The van der Waals surface area contributed by atoms with Crippen LogP contribution in [0.4, 0.5) is 8.78 Å². The molecule has 0 saturated carbocycles. The zero-order valence-corrected chi connectivity index (χ0v) is 11.3. The summed E-state index contributed by atoms with van der Waals surface area (Å²) in [6.07, 6.45) is 2.83. The Morgan fingerprint density at radius 1 is 1.32 bits per heavy atom. The van der Waals surface area contributed by atoms with E-state index in [4.69, 9.17) is 5.73 Å². The molecule has 1 aliphatic heterocycles. The fraction of sp³-hybridized carbons (Fsp3) is 0.462. The monoisotopic (exact) mass is 290 g/mol. The predicted molar refractivity (Wildman–Crippen MR) is 71.3 cm³/mol. The Morgan fingerprint density at radius 3 is 2.68 bits per heavy atom. The molecule has 1 saturated heterocycles. The third kappa shape index (κ3) is 3.42. The summed E-state index contributed by atoms with van der Waals surface area (Å²) in [4.78, 5) is 13.9. The van der Waals surface area contributed by atoms with E-state index in [1.807, 2.05) is 0 Å². The molecule has 3 nitrogen and oxygen atoms in total. The van der Waals surface area contributed by atoms with Crippen molar-refractivity contribution in [3.8, 4) is 0 Å². The number of hydrogen-bond donors (Lipinski definition) is 1. The Hall–Kier alpha value is -1.20. The van der Waals surface area contributed by atoms with Gasteiger partial charge in [-0.15, -0.1) is 12.4 Å². The lowest BCUT2D eigenvalue weighted by atomic mass is 10.0. The molecular formula is C13H17ClF2N2O. The average Bonchev–Trinajstić information content (AvgIpc) is 2.41. The molecule has 1 atom stereocenters. The maximum absolute atomic E-state index is 13.1. The first-order chi connectivity index (χ1) is 8.63. The van der Waals surface area contributed by atoms with Gasteiger partial charge in [-0.1, -0.05) is 0 Å². The van der Waals surface area contributed by atoms with Crippen molar-refractivity contribution in [2.75, 3.05) is 13.1 Å². The van der Waals surface area contributed by atoms with Gasteiger partial charge >= 0.3 is 0 Å². The molecule has 6 heteroatoms. The number of carbonyl (C=O) groups is 1. The summed E-state index contributed by atoms with van der Waals surface area (Å²) in [5.74, 6) is -2.22. The molecule has 0 aromatic heterocycles. The zero-order chi connectivity index (χ0) is 13.1. The average molecular weight is 291 g/mol. The first-order valence-electron chi connectivity index (χ1n) is 6.09. The van der Waals surface area contributed by atoms with E-state index < -0.39 is 11.6 Å². The van der Waals surface area contributed by atoms with Gasteiger partial charge in [0.25, 0.3) is 5.91 Å². The molecule has 1 aromatic carbocycles. The number of benzene rings is 1. The number of likely N-dealkylation sites (tertiary alicyclic amines) is 1. The molecule has 1 aromatic rings. The smallest absolute Gasteiger partial charge is 0.254 e. The Labute approximate surface area is 117 Å². The highest BCUT2D eigenvalue weighted by atomic mass is 35.5. The second kappa shape index (κ2) is 6.82. The zero-order valence-electron chi connectivity index (χ0n) is 10.4. The molecule has 0 radical (unpaired) electrons. The Kier molecular flexibility index (Phi) is 5.69. The van der Waals surface area contributed by atoms with Crippen LogP contribution in [0.25, 0.3) is 0 Å². The second-order valence-electron chi connectivity index (χ2n) is 4.51. The SMILES string of the molecule is Cl.NCC1CCCCN1C(=O)c1ccc(F)c(F)c1. The first kappa shape index (κ1) is 15.9. The molecule has 1 unspecified atom stereocenters. The van der Waals surface area contributed by atoms with Gasteiger partial charge in [-0.2, -0.15) is 0 Å². The summed E-state index contributed by atoms with van der Waals surface area (Å²) in [6, 6.07) is 3.23. The van der Waals surface area contributed by atoms with Crippen LogP contribution in [-0.2, 0) is 0 Å². The van der Waals surface area contributed by atoms with E-state index in [2.05, 4.69) is 0 Å². The lowest BCUT2D eigenvalue weighted by molar-refractivity contribution is 0.0622. The molecular weight excluding hydrogens is 274 g/mol. The number of hydrogen-bond acceptors (Lipinski definition) is 2. The molecule has 2 N–H and O–H groups in total. The fourth-order valence-corrected chi connectivity index (χ4v) is 2.31. The highest BCUT2D eigenvalue weighted by molar-refractivity contribution is 5.94. The first-order valence-corrected chi connectivity index (χ1v) is 6.09. The number of halogens is 3. The normalized spacial score (nSPS) is 18.9. The number of carbonyl (C=O) groups excluding carboxylic acids is 1. The van der Waals surface area contributed by atoms with Crippen LogP contribution in [-0.4, -0.2) is 29.9 Å². The molecule has 1 heterocycles. The summed E-state index contributed by atoms with van der Waals surface area (Å²) in [5, 5.41) is 0. The highest BCUT2D eigenvalue weighted by Gasteiger charge is 2.26. The molecule has 0 spiro atoms. The van der Waals surface area contributed by atoms with E-state index >= 15 is 0 Å². The van der Waals surface area contributed by atoms with E-state index in [1.165, 1.54) is 6.07 Å². The molecule has 2 rings (SSSR count). The fourth-order valence-electron chi connectivity index (χ4n) is 2.31. The largest absolute Gasteiger partial charge is 0.334 e. The van der Waals surface area contributed by atoms with Crippen molar-refractivity contribution in [3.63, 3.8) is 0 Å². The lowest BCUT2D eigenvalue weighted by Gasteiger charge is -2.35. The van der Waals surface area contributed by atoms with Crippen molar-refractivity contribution in [2.24, 2.45) is 5.73 Å². The summed E-state index contributed by atoms with van der Waals surface area (Å²) in [7, 11) is 0. The van der Waals surface area contributed by atoms with Crippen LogP contribution in [0.1, 0.15) is 29.6 Å². The highest BCUT2D eigenvalue weighted by Crippen LogP contribution is 2.19. The minimum Gasteiger partial charge on any atom is -0.334 e. The van der Waals surface area contributed by atoms with Gasteiger partial charge in [0.2, 0.25) is 0 Å². The van der Waals surface area contributed by atoms with Crippen molar-refractivity contribution >= 4 is 18.3 Å². The van der Waals surface area contributed by atoms with Gasteiger partial charge < -0.3 is 10.6 Å². The number of rotatable bonds is 2. The second-order valence-corrected chi connectivity index (χ2v) is 4.51. The summed E-state index contributed by atoms with van der Waals surface area (Å²) >= 11 is 0. The Bertz CT molecular complexity index is 456. The van der Waals surface area contributed by atoms with Gasteiger partial charge in [0.1, 0.15) is 0 Å². The molecule has 1 fully saturated rings. The number of piperidine rings is 1. The third-order valence-corrected chi connectivity index (χ3v) is 3.33. The van der Waals surface area contributed by atoms with Gasteiger partial charge in [0.05, 0.1) is 0 Å².